The molecule has 6 heteroatoms. The van der Waals surface area contributed by atoms with Gasteiger partial charge in [-0.3, -0.25) is 4.79 Å². The standard InChI is InChI=1S/C18H19FN2O3/c1-24-18(23)14-6-4-7-15(11-14)21-17(22)12-20-10-9-13-5-2-3-8-16(13)19/h2-8,11,20H,9-10,12H2,1H3,(H,21,22). The maximum Gasteiger partial charge on any atom is 0.337 e. The van der Waals surface area contributed by atoms with Crippen molar-refractivity contribution in [3.63, 3.8) is 0 Å². The third-order valence-electron chi connectivity index (χ3n) is 3.38. The van der Waals surface area contributed by atoms with E-state index in [1.807, 2.05) is 0 Å². The Morgan fingerprint density at radius 3 is 2.67 bits per heavy atom. The zero-order chi connectivity index (χ0) is 17.4. The maximum absolute atomic E-state index is 13.5. The number of amides is 1. The van der Waals surface area contributed by atoms with Crippen LogP contribution in [0.25, 0.3) is 0 Å². The van der Waals surface area contributed by atoms with Gasteiger partial charge in [0.15, 0.2) is 0 Å². The molecule has 0 aromatic heterocycles. The van der Waals surface area contributed by atoms with Crippen LogP contribution in [0.3, 0.4) is 0 Å². The van der Waals surface area contributed by atoms with Gasteiger partial charge in [0, 0.05) is 5.69 Å². The number of anilines is 1. The minimum atomic E-state index is -0.464. The van der Waals surface area contributed by atoms with Crippen molar-refractivity contribution >= 4 is 17.6 Å². The van der Waals surface area contributed by atoms with Crippen LogP contribution >= 0.6 is 0 Å². The number of esters is 1. The number of halogens is 1. The molecule has 2 aromatic carbocycles. The van der Waals surface area contributed by atoms with Gasteiger partial charge in [-0.2, -0.15) is 0 Å². The summed E-state index contributed by atoms with van der Waals surface area (Å²) in [7, 11) is 1.30. The molecule has 0 heterocycles. The highest BCUT2D eigenvalue weighted by molar-refractivity contribution is 5.95. The Morgan fingerprint density at radius 2 is 1.92 bits per heavy atom. The van der Waals surface area contributed by atoms with Crippen LogP contribution in [0.5, 0.6) is 0 Å². The van der Waals surface area contributed by atoms with E-state index in [-0.39, 0.29) is 18.3 Å². The van der Waals surface area contributed by atoms with Crippen LogP contribution in [-0.4, -0.2) is 32.1 Å². The molecule has 0 saturated heterocycles. The molecule has 0 spiro atoms. The van der Waals surface area contributed by atoms with Crippen molar-refractivity contribution in [2.75, 3.05) is 25.5 Å². The Morgan fingerprint density at radius 1 is 1.12 bits per heavy atom. The molecule has 0 unspecified atom stereocenters. The second-order valence-electron chi connectivity index (χ2n) is 5.14. The molecule has 0 aliphatic rings. The summed E-state index contributed by atoms with van der Waals surface area (Å²) in [5, 5.41) is 5.65. The van der Waals surface area contributed by atoms with Gasteiger partial charge in [0.2, 0.25) is 5.91 Å². The Kier molecular flexibility index (Phi) is 6.45. The number of hydrogen-bond donors (Lipinski definition) is 2. The molecule has 0 aliphatic heterocycles. The second-order valence-corrected chi connectivity index (χ2v) is 5.14. The summed E-state index contributed by atoms with van der Waals surface area (Å²) in [5.74, 6) is -0.956. The topological polar surface area (TPSA) is 67.4 Å². The van der Waals surface area contributed by atoms with E-state index in [2.05, 4.69) is 15.4 Å². The third-order valence-corrected chi connectivity index (χ3v) is 3.38. The van der Waals surface area contributed by atoms with Crippen LogP contribution in [0.1, 0.15) is 15.9 Å². The molecule has 2 rings (SSSR count). The van der Waals surface area contributed by atoms with E-state index in [0.29, 0.717) is 29.8 Å². The zero-order valence-electron chi connectivity index (χ0n) is 13.3. The summed E-state index contributed by atoms with van der Waals surface area (Å²) < 4.78 is 18.1. The highest BCUT2D eigenvalue weighted by Crippen LogP contribution is 2.11. The summed E-state index contributed by atoms with van der Waals surface area (Å²) >= 11 is 0. The van der Waals surface area contributed by atoms with Crippen LogP contribution in [0.15, 0.2) is 48.5 Å². The highest BCUT2D eigenvalue weighted by atomic mass is 19.1. The number of hydrogen-bond acceptors (Lipinski definition) is 4. The number of methoxy groups -OCH3 is 1. The molecule has 24 heavy (non-hydrogen) atoms. The van der Waals surface area contributed by atoms with Crippen LogP contribution in [0.4, 0.5) is 10.1 Å². The number of carbonyl (C=O) groups excluding carboxylic acids is 2. The highest BCUT2D eigenvalue weighted by Gasteiger charge is 2.08. The van der Waals surface area contributed by atoms with Gasteiger partial charge in [0.25, 0.3) is 0 Å². The first-order valence-corrected chi connectivity index (χ1v) is 7.52. The van der Waals surface area contributed by atoms with E-state index < -0.39 is 5.97 Å². The molecule has 0 fully saturated rings. The molecule has 1 amide bonds. The van der Waals surface area contributed by atoms with E-state index >= 15 is 0 Å². The number of carbonyl (C=O) groups is 2. The summed E-state index contributed by atoms with van der Waals surface area (Å²) in [4.78, 5) is 23.3. The second kappa shape index (κ2) is 8.79. The van der Waals surface area contributed by atoms with Crippen molar-refractivity contribution in [3.05, 3.63) is 65.5 Å². The molecule has 0 radical (unpaired) electrons. The minimum Gasteiger partial charge on any atom is -0.465 e. The fourth-order valence-corrected chi connectivity index (χ4v) is 2.17. The van der Waals surface area contributed by atoms with Crippen molar-refractivity contribution < 1.29 is 18.7 Å². The van der Waals surface area contributed by atoms with Crippen LogP contribution in [0, 0.1) is 5.82 Å². The zero-order valence-corrected chi connectivity index (χ0v) is 13.3. The predicted octanol–water partition coefficient (Wildman–Crippen LogP) is 2.38. The van der Waals surface area contributed by atoms with Gasteiger partial charge in [0.1, 0.15) is 5.82 Å². The largest absolute Gasteiger partial charge is 0.465 e. The molecule has 2 aromatic rings. The lowest BCUT2D eigenvalue weighted by Crippen LogP contribution is -2.29. The lowest BCUT2D eigenvalue weighted by molar-refractivity contribution is -0.115. The van der Waals surface area contributed by atoms with Crippen LogP contribution < -0.4 is 10.6 Å². The molecule has 0 atom stereocenters. The third kappa shape index (κ3) is 5.17. The van der Waals surface area contributed by atoms with E-state index in [9.17, 15) is 14.0 Å². The van der Waals surface area contributed by atoms with E-state index in [4.69, 9.17) is 0 Å². The lowest BCUT2D eigenvalue weighted by atomic mass is 10.1. The molecular formula is C18H19FN2O3. The van der Waals surface area contributed by atoms with Gasteiger partial charge >= 0.3 is 5.97 Å². The van der Waals surface area contributed by atoms with Gasteiger partial charge < -0.3 is 15.4 Å². The van der Waals surface area contributed by atoms with Crippen LogP contribution in [-0.2, 0) is 16.0 Å². The molecule has 0 bridgehead atoms. The molecule has 2 N–H and O–H groups in total. The predicted molar refractivity (Wildman–Crippen MR) is 89.4 cm³/mol. The van der Waals surface area contributed by atoms with Crippen molar-refractivity contribution in [2.24, 2.45) is 0 Å². The van der Waals surface area contributed by atoms with E-state index in [1.54, 1.807) is 42.5 Å². The normalized spacial score (nSPS) is 10.2. The molecule has 0 aliphatic carbocycles. The average molecular weight is 330 g/mol. The van der Waals surface area contributed by atoms with Crippen molar-refractivity contribution in [3.8, 4) is 0 Å². The quantitative estimate of drug-likeness (QED) is 0.604. The number of nitrogens with one attached hydrogen (secondary N) is 2. The number of benzene rings is 2. The Hall–Kier alpha value is -2.73. The minimum absolute atomic E-state index is 0.0942. The Labute approximate surface area is 139 Å². The fourth-order valence-electron chi connectivity index (χ4n) is 2.17. The van der Waals surface area contributed by atoms with E-state index in [1.165, 1.54) is 13.2 Å². The lowest BCUT2D eigenvalue weighted by Gasteiger charge is -2.08. The van der Waals surface area contributed by atoms with Gasteiger partial charge in [-0.15, -0.1) is 0 Å². The van der Waals surface area contributed by atoms with Gasteiger partial charge in [-0.1, -0.05) is 24.3 Å². The molecule has 126 valence electrons. The van der Waals surface area contributed by atoms with Gasteiger partial charge in [-0.25, -0.2) is 9.18 Å². The molecule has 0 saturated carbocycles. The number of rotatable bonds is 7. The smallest absolute Gasteiger partial charge is 0.337 e. The Bertz CT molecular complexity index is 719. The summed E-state index contributed by atoms with van der Waals surface area (Å²) in [5.41, 5.74) is 1.48. The fraction of sp³-hybridized carbons (Fsp3) is 0.222. The molecule has 5 nitrogen and oxygen atoms in total. The summed E-state index contributed by atoms with van der Waals surface area (Å²) in [6.45, 7) is 0.577. The Balaban J connectivity index is 1.77. The molecular weight excluding hydrogens is 311 g/mol. The van der Waals surface area contributed by atoms with Crippen LogP contribution in [0.2, 0.25) is 0 Å². The first-order valence-electron chi connectivity index (χ1n) is 7.52. The summed E-state index contributed by atoms with van der Waals surface area (Å²) in [6.07, 6.45) is 0.498. The maximum atomic E-state index is 13.5. The average Bonchev–Trinajstić information content (AvgIpc) is 2.59. The first kappa shape index (κ1) is 17.6. The first-order chi connectivity index (χ1) is 11.6. The van der Waals surface area contributed by atoms with Crippen molar-refractivity contribution in [1.82, 2.24) is 5.32 Å². The van der Waals surface area contributed by atoms with E-state index in [0.717, 1.165) is 0 Å². The summed E-state index contributed by atoms with van der Waals surface area (Å²) in [6, 6.07) is 13.0. The SMILES string of the molecule is COC(=O)c1cccc(NC(=O)CNCCc2ccccc2F)c1. The number of ether oxygens (including phenoxy) is 1. The van der Waals surface area contributed by atoms with Gasteiger partial charge in [-0.05, 0) is 42.8 Å². The van der Waals surface area contributed by atoms with Gasteiger partial charge in [0.05, 0.1) is 19.2 Å². The van der Waals surface area contributed by atoms with Crippen molar-refractivity contribution in [2.45, 2.75) is 6.42 Å². The monoisotopic (exact) mass is 330 g/mol. The van der Waals surface area contributed by atoms with Crippen molar-refractivity contribution in [1.29, 1.82) is 0 Å².